The number of hydrogen-bond acceptors (Lipinski definition) is 6. The minimum absolute atomic E-state index is 0.0819. The zero-order valence-electron chi connectivity index (χ0n) is 27.9. The maximum absolute atomic E-state index is 14.1. The minimum atomic E-state index is -0.967. The van der Waals surface area contributed by atoms with Gasteiger partial charge in [0, 0.05) is 42.4 Å². The Balaban J connectivity index is 1.39. The molecule has 1 fully saturated rings. The molecule has 10 heteroatoms. The lowest BCUT2D eigenvalue weighted by atomic mass is 9.96. The average Bonchev–Trinajstić information content (AvgIpc) is 3.61. The first kappa shape index (κ1) is 34.2. The number of carbonyl (C=O) groups is 4. The highest BCUT2D eigenvalue weighted by molar-refractivity contribution is 5.90. The molecule has 3 N–H and O–H groups in total. The highest BCUT2D eigenvalue weighted by Crippen LogP contribution is 2.31. The molecule has 0 saturated carbocycles. The van der Waals surface area contributed by atoms with E-state index in [1.807, 2.05) is 91.1 Å². The molecule has 1 aromatic heterocycles. The molecule has 252 valence electrons. The van der Waals surface area contributed by atoms with Crippen LogP contribution in [-0.4, -0.2) is 71.1 Å². The molecule has 1 aliphatic rings. The number of aromatic nitrogens is 1. The molecule has 0 unspecified atom stereocenters. The number of rotatable bonds is 12. The van der Waals surface area contributed by atoms with Crippen molar-refractivity contribution in [3.8, 4) is 0 Å². The lowest BCUT2D eigenvalue weighted by molar-refractivity contribution is -0.153. The number of nitrogens with zero attached hydrogens (tertiary/aromatic N) is 1. The van der Waals surface area contributed by atoms with E-state index in [-0.39, 0.29) is 31.2 Å². The van der Waals surface area contributed by atoms with Gasteiger partial charge < -0.3 is 30.0 Å². The standard InChI is InChI=1S/C38H44N4O6/c1-38(2,3)48-37(46)41-32(22-28-23-39-31-18-12-11-17-30(28)31)34(43)40-24-29-21-27(19-25-13-7-5-8-14-25)35(44)42(29)33(36(45)47-4)20-26-15-9-6-10-16-26/h5-18,23,27,29,32-33,39H,19-22,24H2,1-4H3,(H,40,43)(H,41,46)/t27-,29-,32+,33+/m1/s1. The Morgan fingerprint density at radius 2 is 1.56 bits per heavy atom. The van der Waals surface area contributed by atoms with Gasteiger partial charge >= 0.3 is 12.1 Å². The third kappa shape index (κ3) is 8.61. The van der Waals surface area contributed by atoms with Crippen molar-refractivity contribution in [2.75, 3.05) is 13.7 Å². The topological polar surface area (TPSA) is 130 Å². The first-order valence-corrected chi connectivity index (χ1v) is 16.3. The first-order valence-electron chi connectivity index (χ1n) is 16.3. The van der Waals surface area contributed by atoms with Gasteiger partial charge in [-0.3, -0.25) is 9.59 Å². The highest BCUT2D eigenvalue weighted by Gasteiger charge is 2.45. The second-order valence-electron chi connectivity index (χ2n) is 13.3. The number of methoxy groups -OCH3 is 1. The van der Waals surface area contributed by atoms with Crippen molar-refractivity contribution >= 4 is 34.8 Å². The van der Waals surface area contributed by atoms with E-state index in [0.717, 1.165) is 27.6 Å². The molecule has 1 saturated heterocycles. The van der Waals surface area contributed by atoms with E-state index in [4.69, 9.17) is 9.47 Å². The number of carbonyl (C=O) groups excluding carboxylic acids is 4. The summed E-state index contributed by atoms with van der Waals surface area (Å²) in [6, 6.07) is 24.6. The van der Waals surface area contributed by atoms with Crippen LogP contribution in [0.25, 0.3) is 10.9 Å². The third-order valence-corrected chi connectivity index (χ3v) is 8.58. The Morgan fingerprint density at radius 3 is 2.23 bits per heavy atom. The van der Waals surface area contributed by atoms with Crippen molar-refractivity contribution in [1.82, 2.24) is 20.5 Å². The number of esters is 1. The maximum atomic E-state index is 14.1. The van der Waals surface area contributed by atoms with Crippen LogP contribution < -0.4 is 10.6 Å². The van der Waals surface area contributed by atoms with Crippen molar-refractivity contribution in [2.24, 2.45) is 5.92 Å². The summed E-state index contributed by atoms with van der Waals surface area (Å²) >= 11 is 0. The number of H-pyrrole nitrogens is 1. The average molecular weight is 653 g/mol. The summed E-state index contributed by atoms with van der Waals surface area (Å²) in [5.41, 5.74) is 2.91. The molecule has 3 amide bonds. The summed E-state index contributed by atoms with van der Waals surface area (Å²) in [5, 5.41) is 6.70. The molecule has 4 aromatic rings. The van der Waals surface area contributed by atoms with E-state index in [0.29, 0.717) is 12.8 Å². The van der Waals surface area contributed by atoms with Crippen LogP contribution in [0.4, 0.5) is 4.79 Å². The van der Waals surface area contributed by atoms with Gasteiger partial charge in [0.2, 0.25) is 11.8 Å². The normalized spacial score (nSPS) is 17.5. The molecular formula is C38H44N4O6. The number of nitrogens with one attached hydrogen (secondary N) is 3. The number of ether oxygens (including phenoxy) is 2. The van der Waals surface area contributed by atoms with Gasteiger partial charge in [0.05, 0.1) is 13.2 Å². The Bertz CT molecular complexity index is 1720. The number of aromatic amines is 1. The fourth-order valence-electron chi connectivity index (χ4n) is 6.38. The number of likely N-dealkylation sites (tertiary alicyclic amines) is 1. The van der Waals surface area contributed by atoms with Crippen LogP contribution in [0.3, 0.4) is 0 Å². The maximum Gasteiger partial charge on any atom is 0.408 e. The van der Waals surface area contributed by atoms with Gasteiger partial charge in [-0.1, -0.05) is 78.9 Å². The number of fused-ring (bicyclic) bond motifs is 1. The molecule has 10 nitrogen and oxygen atoms in total. The van der Waals surface area contributed by atoms with E-state index in [1.54, 1.807) is 25.7 Å². The molecule has 0 spiro atoms. The van der Waals surface area contributed by atoms with Gasteiger partial charge in [-0.05, 0) is 56.4 Å². The summed E-state index contributed by atoms with van der Waals surface area (Å²) in [6.45, 7) is 5.35. The van der Waals surface area contributed by atoms with Crippen molar-refractivity contribution < 1.29 is 28.7 Å². The molecule has 0 aliphatic carbocycles. The lowest BCUT2D eigenvalue weighted by Crippen LogP contribution is -2.54. The van der Waals surface area contributed by atoms with Gasteiger partial charge in [-0.15, -0.1) is 0 Å². The van der Waals surface area contributed by atoms with Gasteiger partial charge in [-0.25, -0.2) is 9.59 Å². The molecule has 0 bridgehead atoms. The smallest absolute Gasteiger partial charge is 0.408 e. The summed E-state index contributed by atoms with van der Waals surface area (Å²) in [5.74, 6) is -1.50. The summed E-state index contributed by atoms with van der Waals surface area (Å²) in [6.07, 6.45) is 2.53. The van der Waals surface area contributed by atoms with Crippen LogP contribution in [0.2, 0.25) is 0 Å². The number of amides is 3. The SMILES string of the molecule is COC(=O)[C@H](Cc1ccccc1)N1C(=O)[C@H](Cc2ccccc2)C[C@@H]1CNC(=O)[C@H](Cc1c[nH]c2ccccc12)NC(=O)OC(C)(C)C. The van der Waals surface area contributed by atoms with Crippen LogP contribution >= 0.6 is 0 Å². The zero-order valence-corrected chi connectivity index (χ0v) is 27.9. The molecule has 48 heavy (non-hydrogen) atoms. The van der Waals surface area contributed by atoms with E-state index in [1.165, 1.54) is 7.11 Å². The van der Waals surface area contributed by atoms with E-state index in [2.05, 4.69) is 15.6 Å². The summed E-state index contributed by atoms with van der Waals surface area (Å²) in [7, 11) is 1.32. The van der Waals surface area contributed by atoms with E-state index >= 15 is 0 Å². The van der Waals surface area contributed by atoms with E-state index in [9.17, 15) is 19.2 Å². The summed E-state index contributed by atoms with van der Waals surface area (Å²) in [4.78, 5) is 58.9. The molecule has 1 aliphatic heterocycles. The Hall–Kier alpha value is -5.12. The number of hydrogen-bond donors (Lipinski definition) is 3. The zero-order chi connectivity index (χ0) is 34.3. The second kappa shape index (κ2) is 15.2. The largest absolute Gasteiger partial charge is 0.467 e. The Morgan fingerprint density at radius 1 is 0.917 bits per heavy atom. The first-order chi connectivity index (χ1) is 23.0. The minimum Gasteiger partial charge on any atom is -0.467 e. The Kier molecular flexibility index (Phi) is 10.8. The fraction of sp³-hybridized carbons (Fsp3) is 0.368. The van der Waals surface area contributed by atoms with Crippen molar-refractivity contribution in [3.05, 3.63) is 108 Å². The van der Waals surface area contributed by atoms with Crippen molar-refractivity contribution in [2.45, 2.75) is 70.2 Å². The van der Waals surface area contributed by atoms with Crippen LogP contribution in [-0.2, 0) is 43.1 Å². The van der Waals surface area contributed by atoms with Crippen molar-refractivity contribution in [1.29, 1.82) is 0 Å². The predicted octanol–water partition coefficient (Wildman–Crippen LogP) is 4.96. The molecule has 3 aromatic carbocycles. The third-order valence-electron chi connectivity index (χ3n) is 8.58. The summed E-state index contributed by atoms with van der Waals surface area (Å²) < 4.78 is 10.7. The second-order valence-corrected chi connectivity index (χ2v) is 13.3. The monoisotopic (exact) mass is 652 g/mol. The van der Waals surface area contributed by atoms with Crippen LogP contribution in [0.5, 0.6) is 0 Å². The number of alkyl carbamates (subject to hydrolysis) is 1. The van der Waals surface area contributed by atoms with E-state index < -0.39 is 41.7 Å². The number of para-hydroxylation sites is 1. The molecule has 5 rings (SSSR count). The Labute approximate surface area is 281 Å². The molecule has 4 atom stereocenters. The van der Waals surface area contributed by atoms with Gasteiger partial charge in [0.15, 0.2) is 0 Å². The highest BCUT2D eigenvalue weighted by atomic mass is 16.6. The molecule has 0 radical (unpaired) electrons. The van der Waals surface area contributed by atoms with Gasteiger partial charge in [0.25, 0.3) is 0 Å². The quantitative estimate of drug-likeness (QED) is 0.186. The van der Waals surface area contributed by atoms with Gasteiger partial charge in [-0.2, -0.15) is 0 Å². The molecular weight excluding hydrogens is 608 g/mol. The predicted molar refractivity (Wildman–Crippen MR) is 183 cm³/mol. The van der Waals surface area contributed by atoms with Crippen LogP contribution in [0.1, 0.15) is 43.9 Å². The lowest BCUT2D eigenvalue weighted by Gasteiger charge is -2.32. The van der Waals surface area contributed by atoms with Crippen LogP contribution in [0.15, 0.2) is 91.1 Å². The number of benzene rings is 3. The fourth-order valence-corrected chi connectivity index (χ4v) is 6.38. The molecule has 2 heterocycles. The van der Waals surface area contributed by atoms with Crippen molar-refractivity contribution in [3.63, 3.8) is 0 Å². The van der Waals surface area contributed by atoms with Gasteiger partial charge in [0.1, 0.15) is 17.7 Å². The van der Waals surface area contributed by atoms with Crippen LogP contribution in [0, 0.1) is 5.92 Å².